The number of esters is 1. The molecule has 0 aliphatic carbocycles. The van der Waals surface area contributed by atoms with Gasteiger partial charge in [-0.1, -0.05) is 55.8 Å². The second-order valence-electron chi connectivity index (χ2n) is 6.45. The molecule has 8 heteroatoms. The number of pyridine rings is 1. The van der Waals surface area contributed by atoms with Crippen molar-refractivity contribution >= 4 is 35.1 Å². The van der Waals surface area contributed by atoms with Crippen molar-refractivity contribution in [3.05, 3.63) is 59.4 Å². The predicted octanol–water partition coefficient (Wildman–Crippen LogP) is 2.60. The van der Waals surface area contributed by atoms with Crippen LogP contribution in [0.2, 0.25) is 5.15 Å². The van der Waals surface area contributed by atoms with E-state index in [9.17, 15) is 14.4 Å². The molecule has 0 spiro atoms. The van der Waals surface area contributed by atoms with Crippen LogP contribution in [0.1, 0.15) is 19.4 Å². The fourth-order valence-electron chi connectivity index (χ4n) is 2.40. The zero-order valence-corrected chi connectivity index (χ0v) is 16.4. The van der Waals surface area contributed by atoms with Crippen LogP contribution in [0, 0.1) is 5.92 Å². The number of benzene rings is 1. The van der Waals surface area contributed by atoms with Crippen molar-refractivity contribution < 1.29 is 19.1 Å². The molecule has 2 N–H and O–H groups in total. The maximum atomic E-state index is 12.3. The predicted molar refractivity (Wildman–Crippen MR) is 106 cm³/mol. The number of ether oxygens (including phenoxy) is 1. The van der Waals surface area contributed by atoms with Crippen LogP contribution in [-0.2, 0) is 25.5 Å². The molecule has 2 amide bonds. The van der Waals surface area contributed by atoms with E-state index in [4.69, 9.17) is 16.3 Å². The van der Waals surface area contributed by atoms with Gasteiger partial charge in [-0.05, 0) is 23.6 Å². The molecule has 0 fully saturated rings. The SMILES string of the molecule is CC(C)[C@H](NC(=O)Cc1ccccc1)C(=O)OCC(=O)Nc1cccnc1Cl. The van der Waals surface area contributed by atoms with Crippen LogP contribution in [-0.4, -0.2) is 35.4 Å². The summed E-state index contributed by atoms with van der Waals surface area (Å²) in [6.07, 6.45) is 1.64. The molecule has 2 rings (SSSR count). The highest BCUT2D eigenvalue weighted by atomic mass is 35.5. The van der Waals surface area contributed by atoms with Gasteiger partial charge >= 0.3 is 5.97 Å². The van der Waals surface area contributed by atoms with Crippen molar-refractivity contribution in [1.82, 2.24) is 10.3 Å². The second kappa shape index (κ2) is 10.4. The maximum Gasteiger partial charge on any atom is 0.329 e. The molecule has 1 aromatic carbocycles. The lowest BCUT2D eigenvalue weighted by atomic mass is 10.0. The van der Waals surface area contributed by atoms with Gasteiger partial charge in [-0.15, -0.1) is 0 Å². The van der Waals surface area contributed by atoms with Gasteiger partial charge < -0.3 is 15.4 Å². The lowest BCUT2D eigenvalue weighted by Gasteiger charge is -2.20. The molecule has 7 nitrogen and oxygen atoms in total. The summed E-state index contributed by atoms with van der Waals surface area (Å²) in [6, 6.07) is 11.5. The first-order valence-corrected chi connectivity index (χ1v) is 9.15. The van der Waals surface area contributed by atoms with E-state index >= 15 is 0 Å². The van der Waals surface area contributed by atoms with Gasteiger partial charge in [-0.2, -0.15) is 0 Å². The van der Waals surface area contributed by atoms with Crippen LogP contribution < -0.4 is 10.6 Å². The molecule has 0 aliphatic rings. The Morgan fingerprint density at radius 3 is 2.43 bits per heavy atom. The van der Waals surface area contributed by atoms with E-state index in [1.807, 2.05) is 30.3 Å². The molecule has 0 aliphatic heterocycles. The summed E-state index contributed by atoms with van der Waals surface area (Å²) in [5, 5.41) is 5.31. The molecule has 1 heterocycles. The highest BCUT2D eigenvalue weighted by Crippen LogP contribution is 2.17. The van der Waals surface area contributed by atoms with Gasteiger partial charge in [-0.3, -0.25) is 9.59 Å². The van der Waals surface area contributed by atoms with E-state index in [2.05, 4.69) is 15.6 Å². The van der Waals surface area contributed by atoms with Crippen molar-refractivity contribution in [2.24, 2.45) is 5.92 Å². The van der Waals surface area contributed by atoms with Crippen molar-refractivity contribution in [2.45, 2.75) is 26.3 Å². The molecule has 0 saturated heterocycles. The zero-order chi connectivity index (χ0) is 20.5. The number of carbonyl (C=O) groups excluding carboxylic acids is 3. The first-order chi connectivity index (χ1) is 13.4. The number of rotatable bonds is 8. The van der Waals surface area contributed by atoms with E-state index < -0.39 is 24.5 Å². The molecule has 0 bridgehead atoms. The van der Waals surface area contributed by atoms with Gasteiger partial charge in [0.1, 0.15) is 6.04 Å². The largest absolute Gasteiger partial charge is 0.454 e. The first kappa shape index (κ1) is 21.4. The summed E-state index contributed by atoms with van der Waals surface area (Å²) in [6.45, 7) is 3.07. The molecular weight excluding hydrogens is 382 g/mol. The van der Waals surface area contributed by atoms with Gasteiger partial charge in [0.05, 0.1) is 12.1 Å². The van der Waals surface area contributed by atoms with E-state index in [1.165, 1.54) is 6.20 Å². The fourth-order valence-corrected chi connectivity index (χ4v) is 2.56. The third-order valence-electron chi connectivity index (χ3n) is 3.82. The van der Waals surface area contributed by atoms with Gasteiger partial charge in [0.25, 0.3) is 5.91 Å². The average Bonchev–Trinajstić information content (AvgIpc) is 2.66. The minimum Gasteiger partial charge on any atom is -0.454 e. The number of nitrogens with one attached hydrogen (secondary N) is 2. The normalized spacial score (nSPS) is 11.6. The smallest absolute Gasteiger partial charge is 0.329 e. The number of hydrogen-bond donors (Lipinski definition) is 2. The van der Waals surface area contributed by atoms with E-state index in [-0.39, 0.29) is 23.4 Å². The van der Waals surface area contributed by atoms with Gasteiger partial charge in [-0.25, -0.2) is 9.78 Å². The summed E-state index contributed by atoms with van der Waals surface area (Å²) >= 11 is 5.87. The molecule has 1 aromatic heterocycles. The fraction of sp³-hybridized carbons (Fsp3) is 0.300. The minimum absolute atomic E-state index is 0.135. The quantitative estimate of drug-likeness (QED) is 0.521. The third-order valence-corrected chi connectivity index (χ3v) is 4.12. The molecule has 148 valence electrons. The molecule has 2 aromatic rings. The number of aromatic nitrogens is 1. The van der Waals surface area contributed by atoms with Gasteiger partial charge in [0.15, 0.2) is 11.8 Å². The second-order valence-corrected chi connectivity index (χ2v) is 6.81. The van der Waals surface area contributed by atoms with Gasteiger partial charge in [0, 0.05) is 6.20 Å². The van der Waals surface area contributed by atoms with Crippen LogP contribution in [0.25, 0.3) is 0 Å². The highest BCUT2D eigenvalue weighted by molar-refractivity contribution is 6.32. The monoisotopic (exact) mass is 403 g/mol. The number of anilines is 1. The van der Waals surface area contributed by atoms with E-state index in [0.717, 1.165) is 5.56 Å². The molecule has 28 heavy (non-hydrogen) atoms. The Hall–Kier alpha value is -2.93. The average molecular weight is 404 g/mol. The standard InChI is InChI=1S/C20H22ClN3O4/c1-13(2)18(24-16(25)11-14-7-4-3-5-8-14)20(27)28-12-17(26)23-15-9-6-10-22-19(15)21/h3-10,13,18H,11-12H2,1-2H3,(H,23,26)(H,24,25)/t18-/m0/s1. The minimum atomic E-state index is -0.856. The van der Waals surface area contributed by atoms with Crippen LogP contribution in [0.4, 0.5) is 5.69 Å². The summed E-state index contributed by atoms with van der Waals surface area (Å²) in [7, 11) is 0. The first-order valence-electron chi connectivity index (χ1n) is 8.77. The summed E-state index contributed by atoms with van der Waals surface area (Å²) in [4.78, 5) is 40.4. The van der Waals surface area contributed by atoms with Crippen LogP contribution in [0.5, 0.6) is 0 Å². The highest BCUT2D eigenvalue weighted by Gasteiger charge is 2.26. The Morgan fingerprint density at radius 1 is 1.07 bits per heavy atom. The van der Waals surface area contributed by atoms with Crippen LogP contribution >= 0.6 is 11.6 Å². The molecular formula is C20H22ClN3O4. The topological polar surface area (TPSA) is 97.4 Å². The Bertz CT molecular complexity index is 827. The Labute approximate surface area is 168 Å². The van der Waals surface area contributed by atoms with Gasteiger partial charge in [0.2, 0.25) is 5.91 Å². The van der Waals surface area contributed by atoms with Crippen molar-refractivity contribution in [3.8, 4) is 0 Å². The maximum absolute atomic E-state index is 12.3. The Kier molecular flexibility index (Phi) is 7.95. The summed E-state index contributed by atoms with van der Waals surface area (Å²) in [5.74, 6) is -1.73. The van der Waals surface area contributed by atoms with Crippen molar-refractivity contribution in [2.75, 3.05) is 11.9 Å². The molecule has 0 radical (unpaired) electrons. The molecule has 0 unspecified atom stereocenters. The number of nitrogens with zero attached hydrogens (tertiary/aromatic N) is 1. The number of amides is 2. The summed E-state index contributed by atoms with van der Waals surface area (Å²) in [5.41, 5.74) is 1.16. The lowest BCUT2D eigenvalue weighted by molar-refractivity contribution is -0.151. The summed E-state index contributed by atoms with van der Waals surface area (Å²) < 4.78 is 5.06. The molecule has 0 saturated carbocycles. The number of hydrogen-bond acceptors (Lipinski definition) is 5. The number of halogens is 1. The van der Waals surface area contributed by atoms with Crippen LogP contribution in [0.15, 0.2) is 48.7 Å². The van der Waals surface area contributed by atoms with E-state index in [1.54, 1.807) is 26.0 Å². The van der Waals surface area contributed by atoms with Crippen LogP contribution in [0.3, 0.4) is 0 Å². The lowest BCUT2D eigenvalue weighted by Crippen LogP contribution is -2.46. The third kappa shape index (κ3) is 6.66. The molecule has 1 atom stereocenters. The number of carbonyl (C=O) groups is 3. The Morgan fingerprint density at radius 2 is 1.79 bits per heavy atom. The zero-order valence-electron chi connectivity index (χ0n) is 15.6. The van der Waals surface area contributed by atoms with Crippen molar-refractivity contribution in [3.63, 3.8) is 0 Å². The van der Waals surface area contributed by atoms with E-state index in [0.29, 0.717) is 5.69 Å². The Balaban J connectivity index is 1.87. The van der Waals surface area contributed by atoms with Crippen molar-refractivity contribution in [1.29, 1.82) is 0 Å².